The molecule has 0 N–H and O–H groups in total. The van der Waals surface area contributed by atoms with E-state index in [0.717, 1.165) is 24.1 Å². The van der Waals surface area contributed by atoms with Gasteiger partial charge in [-0.1, -0.05) is 55.1 Å². The van der Waals surface area contributed by atoms with Crippen molar-refractivity contribution >= 4 is 29.2 Å². The molecule has 1 heterocycles. The van der Waals surface area contributed by atoms with Crippen LogP contribution in [0.2, 0.25) is 0 Å². The Morgan fingerprint density at radius 2 is 1.82 bits per heavy atom. The lowest BCUT2D eigenvalue weighted by atomic mass is 10.1. The first-order chi connectivity index (χ1) is 18.2. The third kappa shape index (κ3) is 8.85. The largest absolute Gasteiger partial charge is 0.492 e. The molecule has 0 amide bonds. The zero-order valence-corrected chi connectivity index (χ0v) is 22.3. The summed E-state index contributed by atoms with van der Waals surface area (Å²) in [6.07, 6.45) is 7.46. The maximum Gasteiger partial charge on any atom is 0.159 e. The molecule has 0 saturated heterocycles. The Morgan fingerprint density at radius 3 is 2.47 bits per heavy atom. The average molecular weight is 535 g/mol. The molecule has 4 aromatic rings. The van der Waals surface area contributed by atoms with Crippen molar-refractivity contribution in [2.45, 2.75) is 26.8 Å². The summed E-state index contributed by atoms with van der Waals surface area (Å²) in [4.78, 5) is 12.0. The van der Waals surface area contributed by atoms with E-state index in [1.165, 1.54) is 35.4 Å². The summed E-state index contributed by atoms with van der Waals surface area (Å²) in [7, 11) is 0. The molecule has 0 atom stereocenters. The van der Waals surface area contributed by atoms with Gasteiger partial charge in [0.15, 0.2) is 17.4 Å². The van der Waals surface area contributed by atoms with Gasteiger partial charge in [-0.2, -0.15) is 5.10 Å². The minimum Gasteiger partial charge on any atom is -0.492 e. The van der Waals surface area contributed by atoms with Crippen LogP contribution < -0.4 is 0 Å². The standard InChI is InChI=1S/C24H24N2O2S.C7H6F2.H2/c1-18(8-9-19(2)27)24(23(29)17-26-14-5-13-25-26)28-15-12-20-10-11-21-6-3-4-7-22(21)16-20;1-5-2-3-6(8)7(9)4-5;/h3-11,13-14,16,29H,1,12,15,17H2,2H3;2-4H,1H3;1H/b9-8+,24-23+;;. The molecular formula is C31H32F2N2O2S. The van der Waals surface area contributed by atoms with Crippen LogP contribution in [0.15, 0.2) is 114 Å². The van der Waals surface area contributed by atoms with E-state index in [1.807, 2.05) is 24.4 Å². The molecule has 0 radical (unpaired) electrons. The van der Waals surface area contributed by atoms with Crippen molar-refractivity contribution in [1.29, 1.82) is 0 Å². The number of carbonyl (C=O) groups is 1. The number of hydrogen-bond donors (Lipinski definition) is 1. The summed E-state index contributed by atoms with van der Waals surface area (Å²) in [6.45, 7) is 8.20. The number of nitrogens with zero attached hydrogens (tertiary/aromatic N) is 2. The van der Waals surface area contributed by atoms with Crippen LogP contribution in [-0.2, 0) is 22.5 Å². The van der Waals surface area contributed by atoms with Crippen LogP contribution in [0, 0.1) is 18.6 Å². The molecule has 4 nitrogen and oxygen atoms in total. The molecule has 0 spiro atoms. The van der Waals surface area contributed by atoms with E-state index in [9.17, 15) is 13.6 Å². The number of benzene rings is 3. The highest BCUT2D eigenvalue weighted by Gasteiger charge is 2.10. The number of carbonyl (C=O) groups excluding carboxylic acids is 1. The predicted octanol–water partition coefficient (Wildman–Crippen LogP) is 7.66. The van der Waals surface area contributed by atoms with Gasteiger partial charge in [0.25, 0.3) is 0 Å². The Morgan fingerprint density at radius 1 is 1.05 bits per heavy atom. The van der Waals surface area contributed by atoms with E-state index < -0.39 is 11.6 Å². The van der Waals surface area contributed by atoms with Gasteiger partial charge in [-0.05, 0) is 66.1 Å². The van der Waals surface area contributed by atoms with Gasteiger partial charge in [0, 0.05) is 30.7 Å². The summed E-state index contributed by atoms with van der Waals surface area (Å²) in [5, 5.41) is 6.64. The number of aryl methyl sites for hydroxylation is 1. The van der Waals surface area contributed by atoms with Gasteiger partial charge in [0.2, 0.25) is 0 Å². The molecule has 0 saturated carbocycles. The van der Waals surface area contributed by atoms with Crippen molar-refractivity contribution in [3.63, 3.8) is 0 Å². The highest BCUT2D eigenvalue weighted by atomic mass is 32.1. The second kappa shape index (κ2) is 14.1. The lowest BCUT2D eigenvalue weighted by molar-refractivity contribution is -0.112. The molecule has 198 valence electrons. The molecule has 0 aliphatic carbocycles. The summed E-state index contributed by atoms with van der Waals surface area (Å²) >= 11 is 4.62. The Bertz CT molecular complexity index is 1470. The van der Waals surface area contributed by atoms with Gasteiger partial charge < -0.3 is 4.74 Å². The van der Waals surface area contributed by atoms with Crippen molar-refractivity contribution in [2.75, 3.05) is 6.61 Å². The molecule has 1 aromatic heterocycles. The quantitative estimate of drug-likeness (QED) is 0.104. The van der Waals surface area contributed by atoms with Gasteiger partial charge in [0.1, 0.15) is 5.76 Å². The van der Waals surface area contributed by atoms with Crippen molar-refractivity contribution in [1.82, 2.24) is 9.78 Å². The molecule has 4 rings (SSSR count). The van der Waals surface area contributed by atoms with E-state index in [4.69, 9.17) is 4.74 Å². The summed E-state index contributed by atoms with van der Waals surface area (Å²) in [5.74, 6) is -1.05. The number of allylic oxidation sites excluding steroid dienone is 3. The average Bonchev–Trinajstić information content (AvgIpc) is 3.41. The second-order valence-corrected chi connectivity index (χ2v) is 9.19. The molecule has 0 aliphatic heterocycles. The number of fused-ring (bicyclic) bond motifs is 1. The second-order valence-electron chi connectivity index (χ2n) is 8.65. The Kier molecular flexibility index (Phi) is 10.6. The van der Waals surface area contributed by atoms with Crippen molar-refractivity contribution in [3.8, 4) is 0 Å². The fraction of sp³-hybridized carbons (Fsp3) is 0.161. The van der Waals surface area contributed by atoms with Crippen LogP contribution in [0.3, 0.4) is 0 Å². The van der Waals surface area contributed by atoms with E-state index in [1.54, 1.807) is 23.9 Å². The number of aromatic nitrogens is 2. The van der Waals surface area contributed by atoms with Crippen molar-refractivity contribution in [3.05, 3.63) is 137 Å². The molecular weight excluding hydrogens is 502 g/mol. The van der Waals surface area contributed by atoms with Gasteiger partial charge in [-0.3, -0.25) is 9.48 Å². The maximum absolute atomic E-state index is 12.2. The molecule has 7 heteroatoms. The molecule has 0 aliphatic rings. The SMILES string of the molecule is C=C(/C=C/C(C)=O)/C(OCCc1ccc2ccccc2c1)=C(\S)Cn1cccn1.Cc1ccc(F)c(F)c1.[HH]. The smallest absolute Gasteiger partial charge is 0.159 e. The Labute approximate surface area is 228 Å². The normalized spacial score (nSPS) is 11.6. The Hall–Kier alpha value is -3.97. The van der Waals surface area contributed by atoms with Crippen LogP contribution in [-0.4, -0.2) is 22.2 Å². The molecule has 0 unspecified atom stereocenters. The fourth-order valence-electron chi connectivity index (χ4n) is 3.54. The van der Waals surface area contributed by atoms with Crippen molar-refractivity contribution < 1.29 is 19.7 Å². The summed E-state index contributed by atoms with van der Waals surface area (Å²) in [6, 6.07) is 20.4. The number of halogens is 2. The number of ether oxygens (including phenoxy) is 1. The monoisotopic (exact) mass is 534 g/mol. The summed E-state index contributed by atoms with van der Waals surface area (Å²) in [5.41, 5.74) is 2.53. The number of ketones is 1. The lowest BCUT2D eigenvalue weighted by Crippen LogP contribution is -2.06. The number of thiol groups is 1. The minimum absolute atomic E-state index is 0. The van der Waals surface area contributed by atoms with Crippen LogP contribution in [0.25, 0.3) is 10.8 Å². The highest BCUT2D eigenvalue weighted by Crippen LogP contribution is 2.22. The first-order valence-corrected chi connectivity index (χ1v) is 12.5. The molecule has 0 bridgehead atoms. The zero-order valence-electron chi connectivity index (χ0n) is 21.4. The predicted molar refractivity (Wildman–Crippen MR) is 154 cm³/mol. The van der Waals surface area contributed by atoms with Crippen LogP contribution in [0.4, 0.5) is 8.78 Å². The van der Waals surface area contributed by atoms with E-state index >= 15 is 0 Å². The van der Waals surface area contributed by atoms with Crippen LogP contribution in [0.5, 0.6) is 0 Å². The van der Waals surface area contributed by atoms with E-state index in [0.29, 0.717) is 29.4 Å². The first kappa shape index (κ1) is 28.6. The highest BCUT2D eigenvalue weighted by molar-refractivity contribution is 7.84. The van der Waals surface area contributed by atoms with E-state index in [-0.39, 0.29) is 7.21 Å². The van der Waals surface area contributed by atoms with Crippen LogP contribution in [0.1, 0.15) is 19.5 Å². The Balaban J connectivity index is 0.000000453. The van der Waals surface area contributed by atoms with Crippen molar-refractivity contribution in [2.24, 2.45) is 0 Å². The van der Waals surface area contributed by atoms with Gasteiger partial charge in [0.05, 0.1) is 13.2 Å². The first-order valence-electron chi connectivity index (χ1n) is 12.0. The lowest BCUT2D eigenvalue weighted by Gasteiger charge is -2.15. The van der Waals surface area contributed by atoms with Gasteiger partial charge in [-0.15, -0.1) is 12.6 Å². The molecule has 38 heavy (non-hydrogen) atoms. The van der Waals surface area contributed by atoms with E-state index in [2.05, 4.69) is 54.6 Å². The fourth-order valence-corrected chi connectivity index (χ4v) is 3.89. The van der Waals surface area contributed by atoms with Gasteiger partial charge >= 0.3 is 0 Å². The maximum atomic E-state index is 12.2. The van der Waals surface area contributed by atoms with Gasteiger partial charge in [-0.25, -0.2) is 8.78 Å². The topological polar surface area (TPSA) is 44.1 Å². The zero-order chi connectivity index (χ0) is 27.5. The van der Waals surface area contributed by atoms with Crippen LogP contribution >= 0.6 is 12.6 Å². The third-order valence-corrected chi connectivity index (χ3v) is 5.81. The number of rotatable bonds is 9. The summed E-state index contributed by atoms with van der Waals surface area (Å²) < 4.78 is 32.2. The minimum atomic E-state index is -0.791. The number of hydrogen-bond acceptors (Lipinski definition) is 4. The molecule has 0 fully saturated rings. The molecule has 3 aromatic carbocycles. The third-order valence-electron chi connectivity index (χ3n) is 5.47.